The van der Waals surface area contributed by atoms with Gasteiger partial charge in [0.2, 0.25) is 10.0 Å². The maximum atomic E-state index is 11.2. The minimum absolute atomic E-state index is 0.0732. The summed E-state index contributed by atoms with van der Waals surface area (Å²) < 4.78 is 23.5. The van der Waals surface area contributed by atoms with Crippen LogP contribution < -0.4 is 5.73 Å². The maximum absolute atomic E-state index is 11.2. The van der Waals surface area contributed by atoms with Gasteiger partial charge in [0.1, 0.15) is 0 Å². The second kappa shape index (κ2) is 4.76. The zero-order chi connectivity index (χ0) is 9.78. The molecule has 0 aromatic carbocycles. The normalized spacial score (nSPS) is 15.1. The van der Waals surface area contributed by atoms with Crippen LogP contribution in [-0.2, 0) is 10.0 Å². The summed E-state index contributed by atoms with van der Waals surface area (Å²) in [6.07, 6.45) is -0.650. The van der Waals surface area contributed by atoms with Crippen LogP contribution in [0.3, 0.4) is 0 Å². The van der Waals surface area contributed by atoms with Gasteiger partial charge < -0.3 is 10.8 Å². The Kier molecular flexibility index (Phi) is 4.69. The summed E-state index contributed by atoms with van der Waals surface area (Å²) >= 11 is 0. The standard InChI is InChI=1S/C6H16N2O3S/c1-6(9)5-8(2)12(10,11)4-3-7/h6,9H,3-5,7H2,1-2H3. The Bertz CT molecular complexity index is 213. The molecule has 5 nitrogen and oxygen atoms in total. The van der Waals surface area contributed by atoms with Crippen molar-refractivity contribution >= 4 is 10.0 Å². The monoisotopic (exact) mass is 196 g/mol. The third kappa shape index (κ3) is 4.01. The van der Waals surface area contributed by atoms with Crippen molar-refractivity contribution in [1.82, 2.24) is 4.31 Å². The molecule has 1 atom stereocenters. The number of aliphatic hydroxyl groups is 1. The molecule has 0 rings (SSSR count). The van der Waals surface area contributed by atoms with E-state index in [9.17, 15) is 8.42 Å². The molecule has 0 aliphatic rings. The molecule has 6 heteroatoms. The molecule has 3 N–H and O–H groups in total. The van der Waals surface area contributed by atoms with E-state index in [0.717, 1.165) is 4.31 Å². The smallest absolute Gasteiger partial charge is 0.215 e. The van der Waals surface area contributed by atoms with Crippen molar-refractivity contribution in [2.75, 3.05) is 25.9 Å². The van der Waals surface area contributed by atoms with Crippen LogP contribution in [0.5, 0.6) is 0 Å². The molecule has 0 aliphatic heterocycles. The lowest BCUT2D eigenvalue weighted by molar-refractivity contribution is 0.171. The number of nitrogens with zero attached hydrogens (tertiary/aromatic N) is 1. The number of hydrogen-bond acceptors (Lipinski definition) is 4. The van der Waals surface area contributed by atoms with Crippen molar-refractivity contribution in [3.8, 4) is 0 Å². The fourth-order valence-electron chi connectivity index (χ4n) is 0.790. The van der Waals surface area contributed by atoms with Crippen LogP contribution in [0.15, 0.2) is 0 Å². The molecule has 0 bridgehead atoms. The Morgan fingerprint density at radius 1 is 1.58 bits per heavy atom. The first-order chi connectivity index (χ1) is 5.40. The van der Waals surface area contributed by atoms with Crippen molar-refractivity contribution < 1.29 is 13.5 Å². The van der Waals surface area contributed by atoms with Crippen LogP contribution in [0.2, 0.25) is 0 Å². The van der Waals surface area contributed by atoms with Crippen molar-refractivity contribution in [3.05, 3.63) is 0 Å². The lowest BCUT2D eigenvalue weighted by Gasteiger charge is -2.17. The minimum atomic E-state index is -3.26. The molecule has 0 saturated carbocycles. The van der Waals surface area contributed by atoms with Gasteiger partial charge in [0, 0.05) is 20.1 Å². The van der Waals surface area contributed by atoms with Gasteiger partial charge in [-0.25, -0.2) is 12.7 Å². The highest BCUT2D eigenvalue weighted by molar-refractivity contribution is 7.89. The zero-order valence-corrected chi connectivity index (χ0v) is 8.21. The fourth-order valence-corrected chi connectivity index (χ4v) is 1.84. The molecule has 12 heavy (non-hydrogen) atoms. The van der Waals surface area contributed by atoms with Crippen molar-refractivity contribution in [3.63, 3.8) is 0 Å². The molecule has 0 aromatic rings. The van der Waals surface area contributed by atoms with Crippen LogP contribution in [0, 0.1) is 0 Å². The molecule has 0 fully saturated rings. The summed E-state index contributed by atoms with van der Waals surface area (Å²) in [6, 6.07) is 0. The molecule has 0 aromatic heterocycles. The predicted octanol–water partition coefficient (Wildman–Crippen LogP) is -1.41. The average Bonchev–Trinajstić information content (AvgIpc) is 1.85. The summed E-state index contributed by atoms with van der Waals surface area (Å²) in [5.74, 6) is -0.0732. The van der Waals surface area contributed by atoms with Crippen LogP contribution in [0.1, 0.15) is 6.92 Å². The van der Waals surface area contributed by atoms with Gasteiger partial charge in [-0.1, -0.05) is 0 Å². The molecule has 0 aliphatic carbocycles. The highest BCUT2D eigenvalue weighted by Crippen LogP contribution is 1.98. The number of aliphatic hydroxyl groups excluding tert-OH is 1. The van der Waals surface area contributed by atoms with Gasteiger partial charge in [-0.2, -0.15) is 0 Å². The predicted molar refractivity (Wildman–Crippen MR) is 47.2 cm³/mol. The lowest BCUT2D eigenvalue weighted by atomic mass is 10.4. The Labute approximate surface area is 73.2 Å². The van der Waals surface area contributed by atoms with Crippen LogP contribution in [0.4, 0.5) is 0 Å². The number of likely N-dealkylation sites (N-methyl/N-ethyl adjacent to an activating group) is 1. The molecule has 0 radical (unpaired) electrons. The van der Waals surface area contributed by atoms with Crippen LogP contribution in [-0.4, -0.2) is 49.8 Å². The average molecular weight is 196 g/mol. The van der Waals surface area contributed by atoms with Gasteiger partial charge in [-0.15, -0.1) is 0 Å². The molecular weight excluding hydrogens is 180 g/mol. The van der Waals surface area contributed by atoms with Crippen molar-refractivity contribution in [2.24, 2.45) is 5.73 Å². The third-order valence-electron chi connectivity index (χ3n) is 1.37. The fraction of sp³-hybridized carbons (Fsp3) is 1.00. The Morgan fingerprint density at radius 3 is 2.42 bits per heavy atom. The van der Waals surface area contributed by atoms with E-state index in [2.05, 4.69) is 0 Å². The first-order valence-corrected chi connectivity index (χ1v) is 5.33. The van der Waals surface area contributed by atoms with Gasteiger partial charge in [-0.3, -0.25) is 0 Å². The summed E-state index contributed by atoms with van der Waals surface area (Å²) in [6.45, 7) is 1.75. The Hall–Kier alpha value is -0.170. The van der Waals surface area contributed by atoms with Crippen LogP contribution in [0.25, 0.3) is 0 Å². The van der Waals surface area contributed by atoms with Gasteiger partial charge in [0.15, 0.2) is 0 Å². The molecular formula is C6H16N2O3S. The summed E-state index contributed by atoms with van der Waals surface area (Å²) in [5.41, 5.74) is 5.11. The minimum Gasteiger partial charge on any atom is -0.392 e. The lowest BCUT2D eigenvalue weighted by Crippen LogP contribution is -2.36. The topological polar surface area (TPSA) is 83.6 Å². The SMILES string of the molecule is CC(O)CN(C)S(=O)(=O)CCN. The van der Waals surface area contributed by atoms with E-state index in [0.29, 0.717) is 0 Å². The van der Waals surface area contributed by atoms with E-state index in [1.165, 1.54) is 14.0 Å². The molecule has 74 valence electrons. The summed E-state index contributed by atoms with van der Waals surface area (Å²) in [5, 5.41) is 8.92. The number of rotatable bonds is 5. The second-order valence-electron chi connectivity index (χ2n) is 2.73. The van der Waals surface area contributed by atoms with E-state index < -0.39 is 16.1 Å². The molecule has 0 heterocycles. The number of hydrogen-bond donors (Lipinski definition) is 2. The zero-order valence-electron chi connectivity index (χ0n) is 7.40. The van der Waals surface area contributed by atoms with E-state index in [1.807, 2.05) is 0 Å². The van der Waals surface area contributed by atoms with Gasteiger partial charge in [0.25, 0.3) is 0 Å². The van der Waals surface area contributed by atoms with E-state index >= 15 is 0 Å². The molecule has 1 unspecified atom stereocenters. The summed E-state index contributed by atoms with van der Waals surface area (Å²) in [7, 11) is -1.83. The van der Waals surface area contributed by atoms with Gasteiger partial charge in [0.05, 0.1) is 11.9 Å². The van der Waals surface area contributed by atoms with Gasteiger partial charge in [-0.05, 0) is 6.92 Å². The van der Waals surface area contributed by atoms with Crippen LogP contribution >= 0.6 is 0 Å². The first kappa shape index (κ1) is 11.8. The number of sulfonamides is 1. The molecule has 0 amide bonds. The van der Waals surface area contributed by atoms with Crippen molar-refractivity contribution in [1.29, 1.82) is 0 Å². The first-order valence-electron chi connectivity index (χ1n) is 3.72. The summed E-state index contributed by atoms with van der Waals surface area (Å²) in [4.78, 5) is 0. The Balaban J connectivity index is 4.16. The molecule has 0 saturated heterocycles. The largest absolute Gasteiger partial charge is 0.392 e. The quantitative estimate of drug-likeness (QED) is 0.565. The van der Waals surface area contributed by atoms with Gasteiger partial charge >= 0.3 is 0 Å². The second-order valence-corrected chi connectivity index (χ2v) is 4.93. The highest BCUT2D eigenvalue weighted by Gasteiger charge is 2.17. The Morgan fingerprint density at radius 2 is 2.08 bits per heavy atom. The van der Waals surface area contributed by atoms with Crippen molar-refractivity contribution in [2.45, 2.75) is 13.0 Å². The maximum Gasteiger partial charge on any atom is 0.215 e. The van der Waals surface area contributed by atoms with E-state index in [1.54, 1.807) is 0 Å². The third-order valence-corrected chi connectivity index (χ3v) is 3.22. The number of nitrogens with two attached hydrogens (primary N) is 1. The van der Waals surface area contributed by atoms with E-state index in [4.69, 9.17) is 10.8 Å². The molecule has 0 spiro atoms. The highest BCUT2D eigenvalue weighted by atomic mass is 32.2. The van der Waals surface area contributed by atoms with E-state index in [-0.39, 0.29) is 18.8 Å².